The normalized spacial score (nSPS) is 24.1. The maximum absolute atomic E-state index is 11.8. The molecule has 0 heterocycles. The van der Waals surface area contributed by atoms with Crippen molar-refractivity contribution in [3.8, 4) is 0 Å². The Bertz CT molecular complexity index is 259. The van der Waals surface area contributed by atoms with Crippen LogP contribution in [0.25, 0.3) is 0 Å². The average Bonchev–Trinajstić information content (AvgIpc) is 2.12. The van der Waals surface area contributed by atoms with Crippen LogP contribution >= 0.6 is 11.8 Å². The van der Waals surface area contributed by atoms with Crippen molar-refractivity contribution in [3.63, 3.8) is 0 Å². The highest BCUT2D eigenvalue weighted by molar-refractivity contribution is 7.99. The molecule has 1 rings (SSSR count). The molecule has 0 bridgehead atoms. The summed E-state index contributed by atoms with van der Waals surface area (Å²) in [6.07, 6.45) is 1.76. The SMILES string of the molecule is CN(C(=O)OC(C)(C)C)[C@H]1C[C@H](SCCO)C1. The van der Waals surface area contributed by atoms with E-state index in [4.69, 9.17) is 9.84 Å². The average molecular weight is 261 g/mol. The monoisotopic (exact) mass is 261 g/mol. The number of amides is 1. The molecular formula is C12H23NO3S. The summed E-state index contributed by atoms with van der Waals surface area (Å²) in [7, 11) is 1.80. The van der Waals surface area contributed by atoms with Gasteiger partial charge in [-0.05, 0) is 33.6 Å². The Balaban J connectivity index is 2.27. The van der Waals surface area contributed by atoms with Crippen molar-refractivity contribution >= 4 is 17.9 Å². The Morgan fingerprint density at radius 1 is 1.47 bits per heavy atom. The van der Waals surface area contributed by atoms with E-state index in [-0.39, 0.29) is 12.7 Å². The number of aliphatic hydroxyl groups excluding tert-OH is 1. The van der Waals surface area contributed by atoms with Gasteiger partial charge in [-0.25, -0.2) is 4.79 Å². The van der Waals surface area contributed by atoms with E-state index in [1.165, 1.54) is 0 Å². The standard InChI is InChI=1S/C12H23NO3S/c1-12(2,3)16-11(15)13(4)9-7-10(8-9)17-6-5-14/h9-10,14H,5-8H2,1-4H3/t9-,10-. The fourth-order valence-corrected chi connectivity index (χ4v) is 2.85. The molecule has 1 saturated carbocycles. The molecule has 0 atom stereocenters. The van der Waals surface area contributed by atoms with Crippen LogP contribution in [0.15, 0.2) is 0 Å². The van der Waals surface area contributed by atoms with Gasteiger partial charge in [0, 0.05) is 24.1 Å². The lowest BCUT2D eigenvalue weighted by atomic mass is 9.91. The first-order chi connectivity index (χ1) is 7.83. The molecule has 0 aliphatic heterocycles. The van der Waals surface area contributed by atoms with Crippen molar-refractivity contribution in [2.75, 3.05) is 19.4 Å². The highest BCUT2D eigenvalue weighted by atomic mass is 32.2. The van der Waals surface area contributed by atoms with Crippen LogP contribution in [0.4, 0.5) is 4.79 Å². The van der Waals surface area contributed by atoms with Crippen LogP contribution in [0.5, 0.6) is 0 Å². The second-order valence-electron chi connectivity index (χ2n) is 5.43. The molecule has 0 spiro atoms. The van der Waals surface area contributed by atoms with Crippen molar-refractivity contribution in [1.82, 2.24) is 4.90 Å². The van der Waals surface area contributed by atoms with E-state index in [1.54, 1.807) is 23.7 Å². The Labute approximate surface area is 108 Å². The number of hydrogen-bond donors (Lipinski definition) is 1. The summed E-state index contributed by atoms with van der Waals surface area (Å²) in [6, 6.07) is 0.293. The number of aliphatic hydroxyl groups is 1. The second kappa shape index (κ2) is 5.96. The van der Waals surface area contributed by atoms with Gasteiger partial charge >= 0.3 is 6.09 Å². The number of carbonyl (C=O) groups is 1. The first-order valence-corrected chi connectivity index (χ1v) is 7.06. The highest BCUT2D eigenvalue weighted by Crippen LogP contribution is 2.34. The van der Waals surface area contributed by atoms with Crippen molar-refractivity contribution in [1.29, 1.82) is 0 Å². The quantitative estimate of drug-likeness (QED) is 0.842. The number of thioether (sulfide) groups is 1. The number of nitrogens with zero attached hydrogens (tertiary/aromatic N) is 1. The minimum absolute atomic E-state index is 0.230. The van der Waals surface area contributed by atoms with E-state index in [0.29, 0.717) is 11.3 Å². The lowest BCUT2D eigenvalue weighted by molar-refractivity contribution is 0.0152. The molecular weight excluding hydrogens is 238 g/mol. The van der Waals surface area contributed by atoms with E-state index in [0.717, 1.165) is 18.6 Å². The fourth-order valence-electron chi connectivity index (χ4n) is 1.69. The zero-order chi connectivity index (χ0) is 13.1. The molecule has 100 valence electrons. The predicted molar refractivity (Wildman–Crippen MR) is 70.4 cm³/mol. The van der Waals surface area contributed by atoms with Crippen LogP contribution < -0.4 is 0 Å². The predicted octanol–water partition coefficient (Wildman–Crippen LogP) is 2.11. The maximum Gasteiger partial charge on any atom is 0.410 e. The molecule has 0 radical (unpaired) electrons. The van der Waals surface area contributed by atoms with E-state index in [9.17, 15) is 4.79 Å². The summed E-state index contributed by atoms with van der Waals surface area (Å²) in [6.45, 7) is 5.85. The number of ether oxygens (including phenoxy) is 1. The van der Waals surface area contributed by atoms with Gasteiger partial charge in [0.1, 0.15) is 5.60 Å². The van der Waals surface area contributed by atoms with E-state index >= 15 is 0 Å². The van der Waals surface area contributed by atoms with Gasteiger partial charge in [0.15, 0.2) is 0 Å². The molecule has 0 unspecified atom stereocenters. The third-order valence-corrected chi connectivity index (χ3v) is 4.02. The number of hydrogen-bond acceptors (Lipinski definition) is 4. The maximum atomic E-state index is 11.8. The minimum atomic E-state index is -0.430. The smallest absolute Gasteiger partial charge is 0.410 e. The van der Waals surface area contributed by atoms with E-state index in [1.807, 2.05) is 20.8 Å². The molecule has 0 aromatic heterocycles. The molecule has 5 heteroatoms. The third-order valence-electron chi connectivity index (χ3n) is 2.74. The molecule has 17 heavy (non-hydrogen) atoms. The van der Waals surface area contributed by atoms with Crippen molar-refractivity contribution in [2.24, 2.45) is 0 Å². The van der Waals surface area contributed by atoms with Gasteiger partial charge in [-0.2, -0.15) is 11.8 Å². The Morgan fingerprint density at radius 3 is 2.53 bits per heavy atom. The molecule has 1 fully saturated rings. The fraction of sp³-hybridized carbons (Fsp3) is 0.917. The first-order valence-electron chi connectivity index (χ1n) is 6.01. The molecule has 1 aliphatic rings. The lowest BCUT2D eigenvalue weighted by Gasteiger charge is -2.41. The van der Waals surface area contributed by atoms with Gasteiger partial charge in [-0.15, -0.1) is 0 Å². The lowest BCUT2D eigenvalue weighted by Crippen LogP contribution is -2.48. The van der Waals surface area contributed by atoms with Gasteiger partial charge in [-0.1, -0.05) is 0 Å². The van der Waals surface area contributed by atoms with Gasteiger partial charge < -0.3 is 14.7 Å². The Kier molecular flexibility index (Phi) is 5.13. The van der Waals surface area contributed by atoms with Crippen LogP contribution in [0.1, 0.15) is 33.6 Å². The summed E-state index contributed by atoms with van der Waals surface area (Å²) in [4.78, 5) is 13.5. The highest BCUT2D eigenvalue weighted by Gasteiger charge is 2.35. The molecule has 4 nitrogen and oxygen atoms in total. The van der Waals surface area contributed by atoms with Crippen molar-refractivity contribution in [3.05, 3.63) is 0 Å². The molecule has 1 aliphatic carbocycles. The van der Waals surface area contributed by atoms with Gasteiger partial charge in [-0.3, -0.25) is 0 Å². The summed E-state index contributed by atoms with van der Waals surface area (Å²) in [5.41, 5.74) is -0.430. The zero-order valence-electron chi connectivity index (χ0n) is 11.1. The molecule has 0 aromatic rings. The van der Waals surface area contributed by atoms with E-state index in [2.05, 4.69) is 0 Å². The molecule has 0 aromatic carbocycles. The first kappa shape index (κ1) is 14.6. The third kappa shape index (κ3) is 4.76. The summed E-state index contributed by atoms with van der Waals surface area (Å²) in [5, 5.41) is 9.30. The van der Waals surface area contributed by atoms with Crippen molar-refractivity contribution < 1.29 is 14.6 Å². The second-order valence-corrected chi connectivity index (χ2v) is 6.84. The Morgan fingerprint density at radius 2 is 2.06 bits per heavy atom. The summed E-state index contributed by atoms with van der Waals surface area (Å²) >= 11 is 1.78. The van der Waals surface area contributed by atoms with Gasteiger partial charge in [0.2, 0.25) is 0 Å². The van der Waals surface area contributed by atoms with Crippen LogP contribution in [0.3, 0.4) is 0 Å². The van der Waals surface area contributed by atoms with Crippen molar-refractivity contribution in [2.45, 2.75) is 50.5 Å². The van der Waals surface area contributed by atoms with E-state index < -0.39 is 5.60 Å². The van der Waals surface area contributed by atoms with Gasteiger partial charge in [0.05, 0.1) is 6.61 Å². The van der Waals surface area contributed by atoms with Gasteiger partial charge in [0.25, 0.3) is 0 Å². The van der Waals surface area contributed by atoms with Crippen LogP contribution in [0, 0.1) is 0 Å². The van der Waals surface area contributed by atoms with Crippen LogP contribution in [0.2, 0.25) is 0 Å². The minimum Gasteiger partial charge on any atom is -0.444 e. The summed E-state index contributed by atoms with van der Waals surface area (Å²) in [5.74, 6) is 0.785. The van der Waals surface area contributed by atoms with Crippen LogP contribution in [-0.2, 0) is 4.74 Å². The largest absolute Gasteiger partial charge is 0.444 e. The molecule has 1 N–H and O–H groups in total. The number of carbonyl (C=O) groups excluding carboxylic acids is 1. The zero-order valence-corrected chi connectivity index (χ0v) is 11.9. The topological polar surface area (TPSA) is 49.8 Å². The summed E-state index contributed by atoms with van der Waals surface area (Å²) < 4.78 is 5.31. The molecule has 0 saturated heterocycles. The Hall–Kier alpha value is -0.420. The number of rotatable bonds is 4. The van der Waals surface area contributed by atoms with Crippen LogP contribution in [-0.4, -0.2) is 52.4 Å². The molecule has 1 amide bonds.